The highest BCUT2D eigenvalue weighted by Crippen LogP contribution is 2.44. The molecule has 2 aliphatic rings. The lowest BCUT2D eigenvalue weighted by Gasteiger charge is -2.33. The molecule has 1 saturated heterocycles. The van der Waals surface area contributed by atoms with E-state index in [1.807, 2.05) is 17.6 Å². The van der Waals surface area contributed by atoms with E-state index < -0.39 is 0 Å². The normalized spacial score (nSPS) is 19.5. The van der Waals surface area contributed by atoms with Crippen molar-refractivity contribution in [3.8, 4) is 17.5 Å². The monoisotopic (exact) mass is 539 g/mol. The Hall–Kier alpha value is -2.61. The van der Waals surface area contributed by atoms with E-state index >= 15 is 0 Å². The Kier molecular flexibility index (Phi) is 7.48. The van der Waals surface area contributed by atoms with E-state index in [1.165, 1.54) is 16.6 Å². The standard InChI is InChI=1S/C27H33N5O3S2/c1-16-19(9-11-34-16)24-30-31-26(32(24)14-18-6-5-10-35-18)36-15-23(33)29-25-21(13-28)20-8-7-17(27(2,3)4)12-22(20)37-25/h9,11,17-18H,5-8,10,12,14-15H2,1-4H3,(H,29,33). The Morgan fingerprint density at radius 2 is 2.19 bits per heavy atom. The van der Waals surface area contributed by atoms with Gasteiger partial charge in [0.15, 0.2) is 11.0 Å². The van der Waals surface area contributed by atoms with Crippen LogP contribution in [0.15, 0.2) is 21.9 Å². The molecule has 4 heterocycles. The van der Waals surface area contributed by atoms with Crippen LogP contribution in [0.2, 0.25) is 0 Å². The van der Waals surface area contributed by atoms with Gasteiger partial charge < -0.3 is 14.5 Å². The van der Waals surface area contributed by atoms with Crippen molar-refractivity contribution >= 4 is 34.0 Å². The summed E-state index contributed by atoms with van der Waals surface area (Å²) in [5.74, 6) is 2.09. The Morgan fingerprint density at radius 1 is 1.35 bits per heavy atom. The van der Waals surface area contributed by atoms with Gasteiger partial charge in [-0.2, -0.15) is 5.26 Å². The minimum Gasteiger partial charge on any atom is -0.469 e. The van der Waals surface area contributed by atoms with Gasteiger partial charge in [-0.1, -0.05) is 32.5 Å². The van der Waals surface area contributed by atoms with Crippen LogP contribution in [0, 0.1) is 29.6 Å². The number of anilines is 1. The molecule has 0 bridgehead atoms. The molecule has 0 radical (unpaired) electrons. The largest absolute Gasteiger partial charge is 0.469 e. The summed E-state index contributed by atoms with van der Waals surface area (Å²) in [6.45, 7) is 10.1. The predicted octanol–water partition coefficient (Wildman–Crippen LogP) is 5.84. The van der Waals surface area contributed by atoms with Crippen LogP contribution >= 0.6 is 23.1 Å². The summed E-state index contributed by atoms with van der Waals surface area (Å²) in [5.41, 5.74) is 2.86. The fourth-order valence-electron chi connectivity index (χ4n) is 5.19. The van der Waals surface area contributed by atoms with Crippen LogP contribution in [0.1, 0.15) is 61.8 Å². The average molecular weight is 540 g/mol. The molecule has 1 fully saturated rings. The van der Waals surface area contributed by atoms with E-state index in [-0.39, 0.29) is 23.2 Å². The van der Waals surface area contributed by atoms with Gasteiger partial charge in [-0.25, -0.2) is 0 Å². The molecule has 0 saturated carbocycles. The lowest BCUT2D eigenvalue weighted by molar-refractivity contribution is -0.113. The van der Waals surface area contributed by atoms with Crippen LogP contribution < -0.4 is 5.32 Å². The van der Waals surface area contributed by atoms with Gasteiger partial charge in [0.2, 0.25) is 5.91 Å². The van der Waals surface area contributed by atoms with Crippen LogP contribution in [0.5, 0.6) is 0 Å². The van der Waals surface area contributed by atoms with Crippen molar-refractivity contribution in [1.82, 2.24) is 14.8 Å². The molecular formula is C27H33N5O3S2. The molecule has 37 heavy (non-hydrogen) atoms. The van der Waals surface area contributed by atoms with E-state index in [4.69, 9.17) is 9.15 Å². The molecule has 0 aromatic carbocycles. The molecule has 2 unspecified atom stereocenters. The quantitative estimate of drug-likeness (QED) is 0.376. The first-order chi connectivity index (χ1) is 17.7. The summed E-state index contributed by atoms with van der Waals surface area (Å²) in [4.78, 5) is 14.2. The third-order valence-corrected chi connectivity index (χ3v) is 9.55. The van der Waals surface area contributed by atoms with Crippen molar-refractivity contribution in [3.05, 3.63) is 34.1 Å². The zero-order valence-electron chi connectivity index (χ0n) is 21.8. The third-order valence-electron chi connectivity index (χ3n) is 7.41. The molecule has 1 N–H and O–H groups in total. The number of hydrogen-bond donors (Lipinski definition) is 1. The summed E-state index contributed by atoms with van der Waals surface area (Å²) < 4.78 is 13.4. The van der Waals surface area contributed by atoms with E-state index in [1.54, 1.807) is 17.6 Å². The fourth-order valence-corrected chi connectivity index (χ4v) is 7.23. The Morgan fingerprint density at radius 3 is 2.86 bits per heavy atom. The summed E-state index contributed by atoms with van der Waals surface area (Å²) in [6.07, 6.45) is 6.71. The van der Waals surface area contributed by atoms with Gasteiger partial charge in [-0.15, -0.1) is 21.5 Å². The number of rotatable bonds is 7. The maximum absolute atomic E-state index is 13.0. The lowest BCUT2D eigenvalue weighted by Crippen LogP contribution is -2.26. The van der Waals surface area contributed by atoms with Crippen molar-refractivity contribution in [2.75, 3.05) is 17.7 Å². The minimum atomic E-state index is -0.153. The Labute approximate surface area is 225 Å². The highest BCUT2D eigenvalue weighted by atomic mass is 32.2. The number of aryl methyl sites for hydroxylation is 1. The molecular weight excluding hydrogens is 506 g/mol. The molecule has 0 spiro atoms. The van der Waals surface area contributed by atoms with Crippen molar-refractivity contribution < 1.29 is 13.9 Å². The first-order valence-electron chi connectivity index (χ1n) is 12.8. The Bertz CT molecular complexity index is 1320. The summed E-state index contributed by atoms with van der Waals surface area (Å²) >= 11 is 2.91. The molecule has 8 nitrogen and oxygen atoms in total. The second kappa shape index (κ2) is 10.6. The molecule has 1 amide bonds. The smallest absolute Gasteiger partial charge is 0.235 e. The van der Waals surface area contributed by atoms with Crippen molar-refractivity contribution in [1.29, 1.82) is 5.26 Å². The maximum Gasteiger partial charge on any atom is 0.235 e. The van der Waals surface area contributed by atoms with Crippen LogP contribution in [-0.2, 0) is 28.9 Å². The molecule has 3 aromatic heterocycles. The van der Waals surface area contributed by atoms with E-state index in [0.29, 0.717) is 28.2 Å². The van der Waals surface area contributed by atoms with Gasteiger partial charge in [0.25, 0.3) is 0 Å². The zero-order chi connectivity index (χ0) is 26.2. The number of carbonyl (C=O) groups is 1. The SMILES string of the molecule is Cc1occc1-c1nnc(SCC(=O)Nc2sc3c(c2C#N)CCC(C(C)(C)C)C3)n1CC1CCCO1. The number of nitriles is 1. The molecule has 1 aliphatic heterocycles. The molecule has 1 aliphatic carbocycles. The molecule has 3 aromatic rings. The second-order valence-corrected chi connectivity index (χ2v) is 13.0. The first-order valence-corrected chi connectivity index (χ1v) is 14.6. The van der Waals surface area contributed by atoms with Crippen molar-refractivity contribution in [2.45, 2.75) is 77.6 Å². The number of nitrogens with zero attached hydrogens (tertiary/aromatic N) is 4. The number of hydrogen-bond acceptors (Lipinski definition) is 8. The van der Waals surface area contributed by atoms with Gasteiger partial charge in [0, 0.05) is 11.5 Å². The molecule has 5 rings (SSSR count). The summed E-state index contributed by atoms with van der Waals surface area (Å²) in [7, 11) is 0. The number of aromatic nitrogens is 3. The number of nitrogens with one attached hydrogen (secondary N) is 1. The highest BCUT2D eigenvalue weighted by molar-refractivity contribution is 7.99. The topological polar surface area (TPSA) is 106 Å². The number of fused-ring (bicyclic) bond motifs is 1. The van der Waals surface area contributed by atoms with Gasteiger partial charge in [-0.05, 0) is 62.0 Å². The van der Waals surface area contributed by atoms with Crippen LogP contribution in [-0.4, -0.2) is 39.1 Å². The van der Waals surface area contributed by atoms with Crippen LogP contribution in [0.3, 0.4) is 0 Å². The van der Waals surface area contributed by atoms with Crippen molar-refractivity contribution in [3.63, 3.8) is 0 Å². The second-order valence-electron chi connectivity index (χ2n) is 10.9. The maximum atomic E-state index is 13.0. The molecule has 10 heteroatoms. The summed E-state index contributed by atoms with van der Waals surface area (Å²) in [6, 6.07) is 4.24. The van der Waals surface area contributed by atoms with Gasteiger partial charge >= 0.3 is 0 Å². The van der Waals surface area contributed by atoms with E-state index in [9.17, 15) is 10.1 Å². The number of thioether (sulfide) groups is 1. The lowest BCUT2D eigenvalue weighted by atomic mass is 9.72. The van der Waals surface area contributed by atoms with Crippen LogP contribution in [0.25, 0.3) is 11.4 Å². The van der Waals surface area contributed by atoms with Gasteiger partial charge in [0.05, 0.1) is 35.8 Å². The van der Waals surface area contributed by atoms with E-state index in [2.05, 4.69) is 42.4 Å². The van der Waals surface area contributed by atoms with Crippen LogP contribution in [0.4, 0.5) is 5.00 Å². The van der Waals surface area contributed by atoms with Crippen molar-refractivity contribution in [2.24, 2.45) is 11.3 Å². The third kappa shape index (κ3) is 5.49. The van der Waals surface area contributed by atoms with Gasteiger partial charge in [0.1, 0.15) is 16.8 Å². The Balaban J connectivity index is 1.30. The number of ether oxygens (including phenoxy) is 1. The number of amides is 1. The van der Waals surface area contributed by atoms with Gasteiger partial charge in [-0.3, -0.25) is 9.36 Å². The number of furan rings is 1. The molecule has 2 atom stereocenters. The zero-order valence-corrected chi connectivity index (χ0v) is 23.4. The molecule has 196 valence electrons. The summed E-state index contributed by atoms with van der Waals surface area (Å²) in [5, 5.41) is 23.0. The number of carbonyl (C=O) groups excluding carboxylic acids is 1. The number of thiophene rings is 1. The fraction of sp³-hybridized carbons (Fsp3) is 0.556. The van der Waals surface area contributed by atoms with E-state index in [0.717, 1.165) is 61.4 Å². The predicted molar refractivity (Wildman–Crippen MR) is 145 cm³/mol. The highest BCUT2D eigenvalue weighted by Gasteiger charge is 2.32. The minimum absolute atomic E-state index is 0.0997. The first kappa shape index (κ1) is 26.0. The average Bonchev–Trinajstić information content (AvgIpc) is 3.64.